The molecule has 1 aliphatic carbocycles. The largest absolute Gasteiger partial charge is 0.399 e. The maximum atomic E-state index is 14.0. The Morgan fingerprint density at radius 2 is 1.96 bits per heavy atom. The van der Waals surface area contributed by atoms with Crippen LogP contribution < -0.4 is 4.90 Å². The summed E-state index contributed by atoms with van der Waals surface area (Å²) in [5.41, 5.74) is 2.99. The van der Waals surface area contributed by atoms with Crippen LogP contribution in [0.25, 0.3) is 0 Å². The highest BCUT2D eigenvalue weighted by Crippen LogP contribution is 2.47. The van der Waals surface area contributed by atoms with Gasteiger partial charge in [0, 0.05) is 30.6 Å². The van der Waals surface area contributed by atoms with Gasteiger partial charge < -0.3 is 14.6 Å². The number of nitrogens with zero attached hydrogens (tertiary/aromatic N) is 3. The summed E-state index contributed by atoms with van der Waals surface area (Å²) in [6, 6.07) is 5.48. The van der Waals surface area contributed by atoms with Crippen molar-refractivity contribution in [1.29, 1.82) is 0 Å². The van der Waals surface area contributed by atoms with Crippen LogP contribution in [-0.2, 0) is 15.0 Å². The fraction of sp³-hybridized carbons (Fsp3) is 0.619. The highest BCUT2D eigenvalue weighted by Gasteiger charge is 2.46. The number of anilines is 1. The monoisotopic (exact) mass is 373 g/mol. The third-order valence-corrected chi connectivity index (χ3v) is 6.69. The minimum atomic E-state index is -0.210. The van der Waals surface area contributed by atoms with E-state index in [1.165, 1.54) is 11.8 Å². The lowest BCUT2D eigenvalue weighted by atomic mass is 9.73. The van der Waals surface area contributed by atoms with Gasteiger partial charge in [-0.2, -0.15) is 0 Å². The van der Waals surface area contributed by atoms with Gasteiger partial charge in [0.15, 0.2) is 0 Å². The minimum absolute atomic E-state index is 0.0411. The first-order valence-corrected chi connectivity index (χ1v) is 9.93. The van der Waals surface area contributed by atoms with Crippen LogP contribution in [0, 0.1) is 5.82 Å². The number of piperidine rings is 1. The van der Waals surface area contributed by atoms with E-state index in [9.17, 15) is 9.18 Å². The normalized spacial score (nSPS) is 24.8. The van der Waals surface area contributed by atoms with Crippen molar-refractivity contribution < 1.29 is 14.0 Å². The Balaban J connectivity index is 1.47. The SMILES string of the molecule is CON=C1CCC(N2CCC3(CC2)CN(C(C)=O)c2ccc(F)cc23)CC1. The molecule has 0 N–H and O–H groups in total. The molecule has 1 saturated carbocycles. The summed E-state index contributed by atoms with van der Waals surface area (Å²) in [5, 5.41) is 4.10. The van der Waals surface area contributed by atoms with Crippen LogP contribution in [0.1, 0.15) is 51.0 Å². The number of rotatable bonds is 2. The van der Waals surface area contributed by atoms with Crippen molar-refractivity contribution >= 4 is 17.3 Å². The smallest absolute Gasteiger partial charge is 0.223 e. The molecule has 0 aromatic heterocycles. The molecule has 146 valence electrons. The van der Waals surface area contributed by atoms with Crippen LogP contribution >= 0.6 is 0 Å². The summed E-state index contributed by atoms with van der Waals surface area (Å²) in [7, 11) is 1.61. The summed E-state index contributed by atoms with van der Waals surface area (Å²) in [4.78, 5) is 21.4. The number of likely N-dealkylation sites (tertiary alicyclic amines) is 1. The Bertz CT molecular complexity index is 746. The van der Waals surface area contributed by atoms with Crippen molar-refractivity contribution in [3.05, 3.63) is 29.6 Å². The molecule has 2 fully saturated rings. The van der Waals surface area contributed by atoms with Gasteiger partial charge in [-0.05, 0) is 75.4 Å². The molecule has 1 saturated heterocycles. The molecule has 1 aromatic rings. The second kappa shape index (κ2) is 7.23. The van der Waals surface area contributed by atoms with Crippen LogP contribution in [0.4, 0.5) is 10.1 Å². The summed E-state index contributed by atoms with van der Waals surface area (Å²) in [6.45, 7) is 4.29. The quantitative estimate of drug-likeness (QED) is 0.746. The molecule has 1 amide bonds. The number of fused-ring (bicyclic) bond motifs is 2. The molecule has 0 atom stereocenters. The van der Waals surface area contributed by atoms with Gasteiger partial charge in [0.05, 0.1) is 5.71 Å². The minimum Gasteiger partial charge on any atom is -0.399 e. The van der Waals surface area contributed by atoms with Crippen molar-refractivity contribution in [1.82, 2.24) is 4.90 Å². The fourth-order valence-corrected chi connectivity index (χ4v) is 5.19. The van der Waals surface area contributed by atoms with E-state index in [4.69, 9.17) is 4.84 Å². The molecule has 27 heavy (non-hydrogen) atoms. The summed E-state index contributed by atoms with van der Waals surface area (Å²) in [6.07, 6.45) is 6.21. The standard InChI is InChI=1S/C21H28FN3O2/c1-15(26)25-14-21(19-13-16(22)3-8-20(19)25)9-11-24(12-10-21)18-6-4-17(5-7-18)23-27-2/h3,8,13,18H,4-7,9-12,14H2,1-2H3. The molecule has 5 nitrogen and oxygen atoms in total. The number of hydrogen-bond donors (Lipinski definition) is 0. The molecule has 0 radical (unpaired) electrons. The maximum Gasteiger partial charge on any atom is 0.223 e. The van der Waals surface area contributed by atoms with Gasteiger partial charge in [0.2, 0.25) is 5.91 Å². The zero-order chi connectivity index (χ0) is 19.0. The predicted octanol–water partition coefficient (Wildman–Crippen LogP) is 3.47. The lowest BCUT2D eigenvalue weighted by Gasteiger charge is -2.44. The van der Waals surface area contributed by atoms with Gasteiger partial charge in [0.1, 0.15) is 12.9 Å². The number of hydrogen-bond acceptors (Lipinski definition) is 4. The number of carbonyl (C=O) groups is 1. The molecule has 0 unspecified atom stereocenters. The topological polar surface area (TPSA) is 45.1 Å². The fourth-order valence-electron chi connectivity index (χ4n) is 5.19. The lowest BCUT2D eigenvalue weighted by Crippen LogP contribution is -2.49. The zero-order valence-electron chi connectivity index (χ0n) is 16.2. The molecule has 0 bridgehead atoms. The van der Waals surface area contributed by atoms with E-state index in [0.717, 1.165) is 62.9 Å². The first-order chi connectivity index (χ1) is 13.0. The molecule has 1 spiro atoms. The van der Waals surface area contributed by atoms with E-state index in [2.05, 4.69) is 10.1 Å². The Morgan fingerprint density at radius 3 is 2.59 bits per heavy atom. The average molecular weight is 373 g/mol. The van der Waals surface area contributed by atoms with Gasteiger partial charge >= 0.3 is 0 Å². The van der Waals surface area contributed by atoms with Gasteiger partial charge in [-0.3, -0.25) is 4.79 Å². The molecule has 4 rings (SSSR count). The van der Waals surface area contributed by atoms with Crippen LogP contribution in [0.15, 0.2) is 23.4 Å². The van der Waals surface area contributed by atoms with Crippen molar-refractivity contribution in [2.24, 2.45) is 5.16 Å². The second-order valence-corrected chi connectivity index (χ2v) is 8.15. The first-order valence-electron chi connectivity index (χ1n) is 9.93. The highest BCUT2D eigenvalue weighted by molar-refractivity contribution is 5.94. The van der Waals surface area contributed by atoms with Gasteiger partial charge in [-0.1, -0.05) is 5.16 Å². The van der Waals surface area contributed by atoms with Crippen LogP contribution in [0.2, 0.25) is 0 Å². The third-order valence-electron chi connectivity index (χ3n) is 6.69. The Morgan fingerprint density at radius 1 is 1.26 bits per heavy atom. The molecular formula is C21H28FN3O2. The summed E-state index contributed by atoms with van der Waals surface area (Å²) in [5.74, 6) is -0.169. The lowest BCUT2D eigenvalue weighted by molar-refractivity contribution is -0.116. The van der Waals surface area contributed by atoms with Crippen molar-refractivity contribution in [3.8, 4) is 0 Å². The Labute approximate surface area is 160 Å². The highest BCUT2D eigenvalue weighted by atomic mass is 19.1. The average Bonchev–Trinajstić information content (AvgIpc) is 2.97. The number of benzene rings is 1. The Hall–Kier alpha value is -1.95. The number of halogens is 1. The van der Waals surface area contributed by atoms with E-state index in [-0.39, 0.29) is 17.1 Å². The van der Waals surface area contributed by atoms with Crippen LogP contribution in [0.5, 0.6) is 0 Å². The predicted molar refractivity (Wildman–Crippen MR) is 104 cm³/mol. The second-order valence-electron chi connectivity index (χ2n) is 8.15. The van der Waals surface area contributed by atoms with Gasteiger partial charge in [-0.25, -0.2) is 4.39 Å². The number of oxime groups is 1. The van der Waals surface area contributed by atoms with Crippen LogP contribution in [0.3, 0.4) is 0 Å². The zero-order valence-corrected chi connectivity index (χ0v) is 16.2. The van der Waals surface area contributed by atoms with Crippen LogP contribution in [-0.4, -0.2) is 49.3 Å². The van der Waals surface area contributed by atoms with Crippen molar-refractivity contribution in [2.75, 3.05) is 31.6 Å². The summed E-state index contributed by atoms with van der Waals surface area (Å²) >= 11 is 0. The molecule has 3 aliphatic rings. The molecule has 1 aromatic carbocycles. The number of amides is 1. The molecule has 6 heteroatoms. The molecule has 2 heterocycles. The first kappa shape index (κ1) is 18.4. The molecule has 2 aliphatic heterocycles. The van der Waals surface area contributed by atoms with Gasteiger partial charge in [0.25, 0.3) is 0 Å². The van der Waals surface area contributed by atoms with E-state index < -0.39 is 0 Å². The number of carbonyl (C=O) groups excluding carboxylic acids is 1. The van der Waals surface area contributed by atoms with Gasteiger partial charge in [-0.15, -0.1) is 0 Å². The third kappa shape index (κ3) is 3.35. The summed E-state index contributed by atoms with van der Waals surface area (Å²) < 4.78 is 14.0. The van der Waals surface area contributed by atoms with Crippen molar-refractivity contribution in [2.45, 2.75) is 56.9 Å². The molecular weight excluding hydrogens is 345 g/mol. The Kier molecular flexibility index (Phi) is 4.93. The van der Waals surface area contributed by atoms with E-state index in [1.54, 1.807) is 26.2 Å². The van der Waals surface area contributed by atoms with Crippen molar-refractivity contribution in [3.63, 3.8) is 0 Å². The van der Waals surface area contributed by atoms with E-state index in [0.29, 0.717) is 12.6 Å². The maximum absolute atomic E-state index is 14.0. The van der Waals surface area contributed by atoms with E-state index in [1.807, 2.05) is 4.90 Å². The van der Waals surface area contributed by atoms with E-state index >= 15 is 0 Å².